The summed E-state index contributed by atoms with van der Waals surface area (Å²) in [4.78, 5) is 44.4. The molecule has 38 heavy (non-hydrogen) atoms. The Morgan fingerprint density at radius 2 is 2.03 bits per heavy atom. The largest absolute Gasteiger partial charge is 0.465 e. The molecule has 1 aliphatic rings. The molecule has 4 heterocycles. The second-order valence-corrected chi connectivity index (χ2v) is 10.6. The molecule has 194 valence electrons. The summed E-state index contributed by atoms with van der Waals surface area (Å²) in [6.07, 6.45) is 1.64. The lowest BCUT2D eigenvalue weighted by Crippen LogP contribution is -2.39. The van der Waals surface area contributed by atoms with Crippen molar-refractivity contribution in [2.24, 2.45) is 4.99 Å². The van der Waals surface area contributed by atoms with Gasteiger partial charge in [0.15, 0.2) is 4.80 Å². The molecule has 0 aliphatic carbocycles. The highest BCUT2D eigenvalue weighted by Gasteiger charge is 2.33. The molecule has 8 nitrogen and oxygen atoms in total. The van der Waals surface area contributed by atoms with Crippen LogP contribution in [0.1, 0.15) is 40.9 Å². The molecule has 1 aliphatic heterocycles. The Balaban J connectivity index is 1.58. The van der Waals surface area contributed by atoms with Gasteiger partial charge in [-0.3, -0.25) is 9.36 Å². The maximum Gasteiger partial charge on any atom is 0.339 e. The molecule has 3 aromatic heterocycles. The predicted molar refractivity (Wildman–Crippen MR) is 145 cm³/mol. The molecule has 5 rings (SSSR count). The van der Waals surface area contributed by atoms with E-state index >= 15 is 0 Å². The second-order valence-electron chi connectivity index (χ2n) is 8.21. The average Bonchev–Trinajstić information content (AvgIpc) is 3.65. The van der Waals surface area contributed by atoms with Crippen LogP contribution in [0.15, 0.2) is 73.3 Å². The molecule has 0 amide bonds. The summed E-state index contributed by atoms with van der Waals surface area (Å²) in [5.41, 5.74) is 1.42. The Kier molecular flexibility index (Phi) is 7.20. The van der Waals surface area contributed by atoms with Crippen LogP contribution in [0.5, 0.6) is 0 Å². The van der Waals surface area contributed by atoms with Gasteiger partial charge >= 0.3 is 11.9 Å². The van der Waals surface area contributed by atoms with Gasteiger partial charge in [0.25, 0.3) is 5.56 Å². The van der Waals surface area contributed by atoms with Crippen molar-refractivity contribution in [3.8, 4) is 11.3 Å². The van der Waals surface area contributed by atoms with E-state index in [9.17, 15) is 14.4 Å². The number of methoxy groups -OCH3 is 1. The predicted octanol–water partition coefficient (Wildman–Crippen LogP) is 4.56. The summed E-state index contributed by atoms with van der Waals surface area (Å²) in [6.45, 7) is 3.70. The van der Waals surface area contributed by atoms with E-state index in [1.165, 1.54) is 34.4 Å². The third kappa shape index (κ3) is 4.66. The van der Waals surface area contributed by atoms with Crippen LogP contribution >= 0.6 is 34.3 Å². The van der Waals surface area contributed by atoms with E-state index in [-0.39, 0.29) is 22.8 Å². The molecule has 0 fully saturated rings. The summed E-state index contributed by atoms with van der Waals surface area (Å²) in [6, 6.07) is 11.5. The normalized spacial score (nSPS) is 15.3. The quantitative estimate of drug-likeness (QED) is 0.316. The first-order valence-electron chi connectivity index (χ1n) is 11.5. The van der Waals surface area contributed by atoms with Crippen molar-refractivity contribution in [2.75, 3.05) is 13.7 Å². The number of esters is 2. The van der Waals surface area contributed by atoms with Crippen molar-refractivity contribution in [3.05, 3.63) is 100 Å². The van der Waals surface area contributed by atoms with Gasteiger partial charge in [-0.25, -0.2) is 14.6 Å². The number of thiazole rings is 1. The maximum atomic E-state index is 13.6. The van der Waals surface area contributed by atoms with Crippen molar-refractivity contribution in [1.82, 2.24) is 4.57 Å². The molecule has 0 unspecified atom stereocenters. The van der Waals surface area contributed by atoms with Gasteiger partial charge in [-0.2, -0.15) is 0 Å². The number of benzene rings is 1. The third-order valence-corrected chi connectivity index (χ3v) is 8.12. The van der Waals surface area contributed by atoms with Gasteiger partial charge in [0.1, 0.15) is 17.6 Å². The van der Waals surface area contributed by atoms with Crippen molar-refractivity contribution in [1.29, 1.82) is 0 Å². The molecule has 0 bridgehead atoms. The number of rotatable bonds is 6. The highest BCUT2D eigenvalue weighted by molar-refractivity contribution is 7.10. The summed E-state index contributed by atoms with van der Waals surface area (Å²) < 4.78 is 18.0. The first-order valence-corrected chi connectivity index (χ1v) is 13.6. The minimum atomic E-state index is -0.634. The Morgan fingerprint density at radius 3 is 2.74 bits per heavy atom. The van der Waals surface area contributed by atoms with Crippen LogP contribution in [0.4, 0.5) is 0 Å². The highest BCUT2D eigenvalue weighted by atomic mass is 35.5. The molecule has 1 aromatic carbocycles. The lowest BCUT2D eigenvalue weighted by molar-refractivity contribution is -0.139. The smallest absolute Gasteiger partial charge is 0.339 e. The van der Waals surface area contributed by atoms with Gasteiger partial charge < -0.3 is 13.9 Å². The zero-order valence-electron chi connectivity index (χ0n) is 20.5. The van der Waals surface area contributed by atoms with E-state index in [0.717, 1.165) is 4.88 Å². The van der Waals surface area contributed by atoms with Crippen molar-refractivity contribution >= 4 is 52.3 Å². The third-order valence-electron chi connectivity index (χ3n) is 5.89. The monoisotopic (exact) mass is 568 g/mol. The van der Waals surface area contributed by atoms with Crippen LogP contribution < -0.4 is 14.9 Å². The molecular weight excluding hydrogens is 548 g/mol. The molecule has 4 aromatic rings. The number of allylic oxidation sites excluding steroid dienone is 1. The maximum absolute atomic E-state index is 13.6. The highest BCUT2D eigenvalue weighted by Crippen LogP contribution is 2.33. The zero-order chi connectivity index (χ0) is 27.0. The number of hydrogen-bond acceptors (Lipinski definition) is 9. The van der Waals surface area contributed by atoms with E-state index < -0.39 is 18.0 Å². The van der Waals surface area contributed by atoms with Gasteiger partial charge in [0.05, 0.1) is 40.1 Å². The van der Waals surface area contributed by atoms with Gasteiger partial charge in [0, 0.05) is 16.5 Å². The lowest BCUT2D eigenvalue weighted by Gasteiger charge is -2.23. The molecule has 0 radical (unpaired) electrons. The fourth-order valence-corrected chi connectivity index (χ4v) is 6.21. The summed E-state index contributed by atoms with van der Waals surface area (Å²) >= 11 is 8.80. The molecule has 0 N–H and O–H groups in total. The van der Waals surface area contributed by atoms with Crippen LogP contribution in [0.3, 0.4) is 0 Å². The van der Waals surface area contributed by atoms with Gasteiger partial charge in [-0.1, -0.05) is 29.0 Å². The first kappa shape index (κ1) is 25.9. The van der Waals surface area contributed by atoms with Crippen LogP contribution in [0, 0.1) is 0 Å². The van der Waals surface area contributed by atoms with E-state index in [1.54, 1.807) is 50.3 Å². The summed E-state index contributed by atoms with van der Waals surface area (Å²) in [7, 11) is 1.28. The number of hydrogen-bond donors (Lipinski definition) is 0. The first-order chi connectivity index (χ1) is 18.3. The number of ether oxygens (including phenoxy) is 2. The number of carbonyl (C=O) groups is 2. The minimum absolute atomic E-state index is 0.215. The second kappa shape index (κ2) is 10.6. The summed E-state index contributed by atoms with van der Waals surface area (Å²) in [5.74, 6) is -0.120. The summed E-state index contributed by atoms with van der Waals surface area (Å²) in [5, 5.41) is 2.17. The molecule has 1 atom stereocenters. The number of aromatic nitrogens is 1. The Morgan fingerprint density at radius 1 is 1.21 bits per heavy atom. The van der Waals surface area contributed by atoms with Crippen molar-refractivity contribution < 1.29 is 23.5 Å². The van der Waals surface area contributed by atoms with Crippen molar-refractivity contribution in [2.45, 2.75) is 19.9 Å². The van der Waals surface area contributed by atoms with E-state index in [0.29, 0.717) is 37.7 Å². The minimum Gasteiger partial charge on any atom is -0.465 e. The lowest BCUT2D eigenvalue weighted by atomic mass is 10.0. The number of furan rings is 1. The average molecular weight is 569 g/mol. The van der Waals surface area contributed by atoms with E-state index in [4.69, 9.17) is 25.5 Å². The Labute approximate surface area is 229 Å². The number of nitrogens with zero attached hydrogens (tertiary/aromatic N) is 2. The van der Waals surface area contributed by atoms with E-state index in [1.807, 2.05) is 17.5 Å². The number of thiophene rings is 1. The Hall–Kier alpha value is -3.73. The Bertz CT molecular complexity index is 1760. The molecule has 0 spiro atoms. The number of carbonyl (C=O) groups excluding carboxylic acids is 2. The number of fused-ring (bicyclic) bond motifs is 1. The van der Waals surface area contributed by atoms with Crippen LogP contribution in [0.25, 0.3) is 17.4 Å². The van der Waals surface area contributed by atoms with Crippen molar-refractivity contribution in [3.63, 3.8) is 0 Å². The van der Waals surface area contributed by atoms with Gasteiger partial charge in [-0.15, -0.1) is 11.3 Å². The fourth-order valence-electron chi connectivity index (χ4n) is 4.17. The standard InChI is InChI=1S/C27H21ClN2O6S2/c1-4-35-26(33)22-14(2)29-27-30(23(22)20-6-5-11-37-20)24(31)21(38-27)13-16-8-10-19(36-16)15-7-9-18(28)17(12-15)25(32)34-3/h5-13,23H,4H2,1-3H3/b21-13-/t23-/m1/s1. The zero-order valence-corrected chi connectivity index (χ0v) is 22.9. The molecule has 11 heteroatoms. The molecular formula is C27H21ClN2O6S2. The fraction of sp³-hybridized carbons (Fsp3) is 0.185. The van der Waals surface area contributed by atoms with E-state index in [2.05, 4.69) is 4.99 Å². The van der Waals surface area contributed by atoms with Crippen LogP contribution in [-0.4, -0.2) is 30.2 Å². The van der Waals surface area contributed by atoms with Crippen LogP contribution in [-0.2, 0) is 14.3 Å². The number of halogens is 1. The van der Waals surface area contributed by atoms with Gasteiger partial charge in [-0.05, 0) is 55.6 Å². The van der Waals surface area contributed by atoms with Gasteiger partial charge in [0.2, 0.25) is 0 Å². The molecule has 0 saturated carbocycles. The SMILES string of the molecule is CCOC(=O)C1=C(C)N=c2s/c(=C\c3ccc(-c4ccc(Cl)c(C(=O)OC)c4)o3)c(=O)n2[C@@H]1c1cccs1. The topological polar surface area (TPSA) is 100 Å². The van der Waals surface area contributed by atoms with Crippen LogP contribution in [0.2, 0.25) is 5.02 Å². The molecule has 0 saturated heterocycles.